The summed E-state index contributed by atoms with van der Waals surface area (Å²) in [5.74, 6) is 1.02. The average Bonchev–Trinajstić information content (AvgIpc) is 2.88. The largest absolute Gasteiger partial charge is 0.370 e. The summed E-state index contributed by atoms with van der Waals surface area (Å²) in [6.07, 6.45) is 4.47. The molecule has 7 heteroatoms. The summed E-state index contributed by atoms with van der Waals surface area (Å²) in [5, 5.41) is 4.37. The molecule has 122 valence electrons. The van der Waals surface area contributed by atoms with Crippen molar-refractivity contribution < 1.29 is 4.79 Å². The van der Waals surface area contributed by atoms with Crippen LogP contribution in [0.15, 0.2) is 11.2 Å². The number of hydrogen-bond acceptors (Lipinski definition) is 4. The van der Waals surface area contributed by atoms with Gasteiger partial charge in [0, 0.05) is 37.1 Å². The van der Waals surface area contributed by atoms with Crippen LogP contribution in [0.25, 0.3) is 0 Å². The number of primary amides is 1. The van der Waals surface area contributed by atoms with Crippen LogP contribution >= 0.6 is 11.3 Å². The normalized spacial score (nSPS) is 19.3. The minimum atomic E-state index is -0.216. The van der Waals surface area contributed by atoms with E-state index in [9.17, 15) is 4.79 Å². The Hall–Kier alpha value is -1.63. The number of likely N-dealkylation sites (tertiary alicyclic amines) is 1. The fraction of sp³-hybridized carbons (Fsp3) is 0.667. The standard InChI is InChI=1S/C15H25N5OS/c1-3-17-15(19-9-14-18-8-11(2)22-14)20-6-4-5-12(10-20)7-13(16)21/h8,12H,3-7,9-10H2,1-2H3,(H2,16,21)(H,17,19). The topological polar surface area (TPSA) is 83.6 Å². The first-order valence-electron chi connectivity index (χ1n) is 7.81. The first-order valence-corrected chi connectivity index (χ1v) is 8.63. The van der Waals surface area contributed by atoms with Gasteiger partial charge in [-0.15, -0.1) is 11.3 Å². The van der Waals surface area contributed by atoms with E-state index in [2.05, 4.69) is 29.0 Å². The Bertz CT molecular complexity index is 528. The summed E-state index contributed by atoms with van der Waals surface area (Å²) in [7, 11) is 0. The van der Waals surface area contributed by atoms with E-state index in [0.717, 1.165) is 43.4 Å². The van der Waals surface area contributed by atoms with E-state index in [4.69, 9.17) is 10.7 Å². The molecule has 1 aliphatic rings. The lowest BCUT2D eigenvalue weighted by Crippen LogP contribution is -2.47. The van der Waals surface area contributed by atoms with Crippen molar-refractivity contribution >= 4 is 23.2 Å². The van der Waals surface area contributed by atoms with E-state index in [1.165, 1.54) is 4.88 Å². The fourth-order valence-electron chi connectivity index (χ4n) is 2.75. The van der Waals surface area contributed by atoms with Gasteiger partial charge in [0.25, 0.3) is 0 Å². The molecular weight excluding hydrogens is 298 g/mol. The molecule has 1 aromatic rings. The molecule has 0 bridgehead atoms. The smallest absolute Gasteiger partial charge is 0.217 e. The number of thiazole rings is 1. The maximum atomic E-state index is 11.1. The Kier molecular flexibility index (Phi) is 6.18. The molecule has 2 rings (SSSR count). The second-order valence-electron chi connectivity index (χ2n) is 5.66. The van der Waals surface area contributed by atoms with Crippen molar-refractivity contribution in [3.63, 3.8) is 0 Å². The fourth-order valence-corrected chi connectivity index (χ4v) is 3.46. The number of aromatic nitrogens is 1. The second kappa shape index (κ2) is 8.12. The zero-order valence-corrected chi connectivity index (χ0v) is 14.2. The Morgan fingerprint density at radius 1 is 1.64 bits per heavy atom. The van der Waals surface area contributed by atoms with Crippen LogP contribution in [0.4, 0.5) is 0 Å². The molecule has 2 heterocycles. The van der Waals surface area contributed by atoms with Crippen molar-refractivity contribution in [2.45, 2.75) is 39.7 Å². The van der Waals surface area contributed by atoms with Crippen molar-refractivity contribution in [3.05, 3.63) is 16.1 Å². The van der Waals surface area contributed by atoms with Crippen LogP contribution in [0.3, 0.4) is 0 Å². The van der Waals surface area contributed by atoms with E-state index < -0.39 is 0 Å². The molecule has 1 fully saturated rings. The molecule has 1 aromatic heterocycles. The maximum absolute atomic E-state index is 11.1. The predicted molar refractivity (Wildman–Crippen MR) is 89.8 cm³/mol. The molecule has 3 N–H and O–H groups in total. The summed E-state index contributed by atoms with van der Waals surface area (Å²) in [6.45, 7) is 7.34. The quantitative estimate of drug-likeness (QED) is 0.635. The van der Waals surface area contributed by atoms with Crippen LogP contribution in [-0.2, 0) is 11.3 Å². The van der Waals surface area contributed by atoms with Crippen LogP contribution in [0.5, 0.6) is 0 Å². The number of piperidine rings is 1. The highest BCUT2D eigenvalue weighted by Crippen LogP contribution is 2.20. The summed E-state index contributed by atoms with van der Waals surface area (Å²) < 4.78 is 0. The van der Waals surface area contributed by atoms with Gasteiger partial charge in [-0.1, -0.05) is 0 Å². The first kappa shape index (κ1) is 16.7. The number of hydrogen-bond donors (Lipinski definition) is 2. The van der Waals surface area contributed by atoms with Crippen molar-refractivity contribution in [2.24, 2.45) is 16.6 Å². The maximum Gasteiger partial charge on any atom is 0.217 e. The predicted octanol–water partition coefficient (Wildman–Crippen LogP) is 1.50. The number of aliphatic imine (C=N–C) groups is 1. The van der Waals surface area contributed by atoms with Crippen molar-refractivity contribution in [1.29, 1.82) is 0 Å². The van der Waals surface area contributed by atoms with Gasteiger partial charge in [0.15, 0.2) is 5.96 Å². The molecule has 1 atom stereocenters. The van der Waals surface area contributed by atoms with E-state index >= 15 is 0 Å². The second-order valence-corrected chi connectivity index (χ2v) is 6.98. The Morgan fingerprint density at radius 3 is 3.09 bits per heavy atom. The van der Waals surface area contributed by atoms with Gasteiger partial charge in [-0.3, -0.25) is 4.79 Å². The van der Waals surface area contributed by atoms with Crippen molar-refractivity contribution in [3.8, 4) is 0 Å². The van der Waals surface area contributed by atoms with Gasteiger partial charge in [-0.25, -0.2) is 9.98 Å². The number of rotatable bonds is 5. The zero-order valence-electron chi connectivity index (χ0n) is 13.3. The van der Waals surface area contributed by atoms with Gasteiger partial charge in [0.2, 0.25) is 5.91 Å². The van der Waals surface area contributed by atoms with Crippen molar-refractivity contribution in [1.82, 2.24) is 15.2 Å². The number of nitrogens with zero attached hydrogens (tertiary/aromatic N) is 3. The summed E-state index contributed by atoms with van der Waals surface area (Å²) in [5.41, 5.74) is 5.33. The number of aryl methyl sites for hydroxylation is 1. The van der Waals surface area contributed by atoms with Gasteiger partial charge in [-0.2, -0.15) is 0 Å². The summed E-state index contributed by atoms with van der Waals surface area (Å²) >= 11 is 1.68. The van der Waals surface area contributed by atoms with Crippen LogP contribution in [-0.4, -0.2) is 41.4 Å². The lowest BCUT2D eigenvalue weighted by molar-refractivity contribution is -0.119. The van der Waals surface area contributed by atoms with Gasteiger partial charge >= 0.3 is 0 Å². The molecule has 0 aliphatic carbocycles. The number of carbonyl (C=O) groups is 1. The lowest BCUT2D eigenvalue weighted by atomic mass is 9.95. The zero-order chi connectivity index (χ0) is 15.9. The number of nitrogens with one attached hydrogen (secondary N) is 1. The molecule has 0 saturated carbocycles. The molecule has 0 radical (unpaired) electrons. The molecule has 6 nitrogen and oxygen atoms in total. The highest BCUT2D eigenvalue weighted by Gasteiger charge is 2.23. The van der Waals surface area contributed by atoms with Gasteiger partial charge < -0.3 is 16.0 Å². The first-order chi connectivity index (χ1) is 10.6. The average molecular weight is 323 g/mol. The Balaban J connectivity index is 2.01. The van der Waals surface area contributed by atoms with Crippen LogP contribution in [0.2, 0.25) is 0 Å². The minimum Gasteiger partial charge on any atom is -0.370 e. The van der Waals surface area contributed by atoms with Crippen molar-refractivity contribution in [2.75, 3.05) is 19.6 Å². The number of guanidine groups is 1. The van der Waals surface area contributed by atoms with Gasteiger partial charge in [0.05, 0.1) is 6.54 Å². The number of nitrogens with two attached hydrogens (primary N) is 1. The highest BCUT2D eigenvalue weighted by atomic mass is 32.1. The Labute approximate surface area is 135 Å². The van der Waals surface area contributed by atoms with Crippen LogP contribution in [0, 0.1) is 12.8 Å². The molecule has 1 saturated heterocycles. The number of carbonyl (C=O) groups excluding carboxylic acids is 1. The molecule has 22 heavy (non-hydrogen) atoms. The third kappa shape index (κ3) is 4.98. The highest BCUT2D eigenvalue weighted by molar-refractivity contribution is 7.11. The molecule has 0 aromatic carbocycles. The SMILES string of the molecule is CCNC(=NCc1ncc(C)s1)N1CCCC(CC(N)=O)C1. The molecular formula is C15H25N5OS. The number of amides is 1. The van der Waals surface area contributed by atoms with E-state index in [0.29, 0.717) is 18.9 Å². The van der Waals surface area contributed by atoms with Gasteiger partial charge in [0.1, 0.15) is 5.01 Å². The molecule has 1 aliphatic heterocycles. The van der Waals surface area contributed by atoms with E-state index in [-0.39, 0.29) is 5.91 Å². The molecule has 1 unspecified atom stereocenters. The lowest BCUT2D eigenvalue weighted by Gasteiger charge is -2.34. The van der Waals surface area contributed by atoms with E-state index in [1.54, 1.807) is 11.3 Å². The summed E-state index contributed by atoms with van der Waals surface area (Å²) in [4.78, 5) is 23.6. The molecule has 0 spiro atoms. The Morgan fingerprint density at radius 2 is 2.45 bits per heavy atom. The van der Waals surface area contributed by atoms with Gasteiger partial charge in [-0.05, 0) is 32.6 Å². The minimum absolute atomic E-state index is 0.216. The van der Waals surface area contributed by atoms with Crippen LogP contribution < -0.4 is 11.1 Å². The summed E-state index contributed by atoms with van der Waals surface area (Å²) in [6, 6.07) is 0. The van der Waals surface area contributed by atoms with E-state index in [1.807, 2.05) is 6.20 Å². The third-order valence-electron chi connectivity index (χ3n) is 3.68. The van der Waals surface area contributed by atoms with Crippen LogP contribution in [0.1, 0.15) is 36.1 Å². The molecule has 1 amide bonds. The monoisotopic (exact) mass is 323 g/mol. The third-order valence-corrected chi connectivity index (χ3v) is 4.57.